The smallest absolute Gasteiger partial charge is 0.290 e. The van der Waals surface area contributed by atoms with Crippen LogP contribution in [0.25, 0.3) is 22.2 Å². The second-order valence-corrected chi connectivity index (χ2v) is 6.58. The van der Waals surface area contributed by atoms with Gasteiger partial charge in [-0.25, -0.2) is 4.98 Å². The van der Waals surface area contributed by atoms with Gasteiger partial charge in [0.05, 0.1) is 30.0 Å². The fraction of sp³-hybridized carbons (Fsp3) is 0.286. The van der Waals surface area contributed by atoms with Crippen molar-refractivity contribution in [2.75, 3.05) is 26.3 Å². The monoisotopic (exact) mass is 381 g/mol. The molecule has 0 spiro atoms. The number of nitrogens with one attached hydrogen (secondary N) is 1. The van der Waals surface area contributed by atoms with Gasteiger partial charge in [0.15, 0.2) is 0 Å². The lowest BCUT2D eigenvalue weighted by molar-refractivity contribution is -0.122. The summed E-state index contributed by atoms with van der Waals surface area (Å²) < 4.78 is 5.41. The Balaban J connectivity index is 0.000000706. The first kappa shape index (κ1) is 19.7. The van der Waals surface area contributed by atoms with Gasteiger partial charge in [0.25, 0.3) is 12.0 Å². The first-order chi connectivity index (χ1) is 13.6. The SMILES string of the molecule is Cc1cc(-c2ccc[nH]c2=O)nc2ccc(CN3CCOCC3)cc12.O=CO. The van der Waals surface area contributed by atoms with E-state index < -0.39 is 0 Å². The molecule has 3 aromatic rings. The van der Waals surface area contributed by atoms with Crippen LogP contribution in [-0.4, -0.2) is 52.7 Å². The van der Waals surface area contributed by atoms with Crippen LogP contribution >= 0.6 is 0 Å². The Labute approximate surface area is 162 Å². The third kappa shape index (κ3) is 4.62. The van der Waals surface area contributed by atoms with E-state index in [0.29, 0.717) is 11.3 Å². The molecule has 0 atom stereocenters. The number of morpholine rings is 1. The number of rotatable bonds is 3. The van der Waals surface area contributed by atoms with Crippen molar-refractivity contribution in [3.8, 4) is 11.3 Å². The van der Waals surface area contributed by atoms with Crippen LogP contribution in [0.2, 0.25) is 0 Å². The fourth-order valence-electron chi connectivity index (χ4n) is 3.32. The predicted octanol–water partition coefficient (Wildman–Crippen LogP) is 2.43. The lowest BCUT2D eigenvalue weighted by atomic mass is 10.0. The molecular weight excluding hydrogens is 358 g/mol. The summed E-state index contributed by atoms with van der Waals surface area (Å²) >= 11 is 0. The molecule has 0 unspecified atom stereocenters. The summed E-state index contributed by atoms with van der Waals surface area (Å²) in [5, 5.41) is 8.03. The van der Waals surface area contributed by atoms with E-state index in [2.05, 4.69) is 35.0 Å². The summed E-state index contributed by atoms with van der Waals surface area (Å²) in [7, 11) is 0. The number of ether oxygens (including phenoxy) is 1. The Morgan fingerprint density at radius 2 is 2.00 bits per heavy atom. The highest BCUT2D eigenvalue weighted by Gasteiger charge is 2.12. The second kappa shape index (κ2) is 9.25. The molecule has 0 aliphatic carbocycles. The molecule has 1 fully saturated rings. The number of hydrogen-bond donors (Lipinski definition) is 2. The Bertz CT molecular complexity index is 1010. The van der Waals surface area contributed by atoms with E-state index in [1.54, 1.807) is 12.3 Å². The number of benzene rings is 1. The molecule has 3 heterocycles. The summed E-state index contributed by atoms with van der Waals surface area (Å²) in [6, 6.07) is 12.0. The number of carbonyl (C=O) groups is 1. The van der Waals surface area contributed by atoms with E-state index in [1.165, 1.54) is 5.56 Å². The van der Waals surface area contributed by atoms with E-state index in [9.17, 15) is 4.79 Å². The number of hydrogen-bond acceptors (Lipinski definition) is 5. The highest BCUT2D eigenvalue weighted by atomic mass is 16.5. The van der Waals surface area contributed by atoms with Gasteiger partial charge in [-0.1, -0.05) is 6.07 Å². The Kier molecular flexibility index (Phi) is 6.52. The largest absolute Gasteiger partial charge is 0.483 e. The highest BCUT2D eigenvalue weighted by molar-refractivity contribution is 5.85. The third-order valence-corrected chi connectivity index (χ3v) is 4.68. The first-order valence-electron chi connectivity index (χ1n) is 9.08. The quantitative estimate of drug-likeness (QED) is 0.677. The van der Waals surface area contributed by atoms with Crippen molar-refractivity contribution in [2.24, 2.45) is 0 Å². The van der Waals surface area contributed by atoms with Crippen LogP contribution in [0, 0.1) is 6.92 Å². The summed E-state index contributed by atoms with van der Waals surface area (Å²) in [6.07, 6.45) is 1.64. The van der Waals surface area contributed by atoms with Crippen LogP contribution in [-0.2, 0) is 16.1 Å². The van der Waals surface area contributed by atoms with Gasteiger partial charge in [0, 0.05) is 31.2 Å². The van der Waals surface area contributed by atoms with Crippen LogP contribution in [0.15, 0.2) is 47.4 Å². The van der Waals surface area contributed by atoms with Crippen molar-refractivity contribution >= 4 is 17.4 Å². The molecule has 7 heteroatoms. The molecule has 0 radical (unpaired) electrons. The van der Waals surface area contributed by atoms with Gasteiger partial charge in [0.1, 0.15) is 0 Å². The molecule has 0 amide bonds. The van der Waals surface area contributed by atoms with Crippen molar-refractivity contribution in [3.05, 3.63) is 64.1 Å². The number of nitrogens with zero attached hydrogens (tertiary/aromatic N) is 2. The second-order valence-electron chi connectivity index (χ2n) is 6.58. The summed E-state index contributed by atoms with van der Waals surface area (Å²) in [5.74, 6) is 0. The van der Waals surface area contributed by atoms with Gasteiger partial charge in [-0.15, -0.1) is 0 Å². The summed E-state index contributed by atoms with van der Waals surface area (Å²) in [4.78, 5) is 30.2. The van der Waals surface area contributed by atoms with E-state index in [4.69, 9.17) is 19.6 Å². The van der Waals surface area contributed by atoms with Crippen molar-refractivity contribution in [2.45, 2.75) is 13.5 Å². The first-order valence-corrected chi connectivity index (χ1v) is 9.08. The molecule has 1 aliphatic heterocycles. The van der Waals surface area contributed by atoms with Gasteiger partial charge >= 0.3 is 0 Å². The average Bonchev–Trinajstić information content (AvgIpc) is 2.70. The van der Waals surface area contributed by atoms with Crippen LogP contribution in [0.3, 0.4) is 0 Å². The number of carboxylic acid groups (broad SMARTS) is 1. The topological polar surface area (TPSA) is 95.5 Å². The maximum atomic E-state index is 12.0. The molecule has 1 aromatic carbocycles. The fourth-order valence-corrected chi connectivity index (χ4v) is 3.32. The van der Waals surface area contributed by atoms with Gasteiger partial charge in [-0.2, -0.15) is 0 Å². The normalized spacial score (nSPS) is 14.3. The van der Waals surface area contributed by atoms with E-state index in [1.807, 2.05) is 12.1 Å². The lowest BCUT2D eigenvalue weighted by Gasteiger charge is -2.26. The summed E-state index contributed by atoms with van der Waals surface area (Å²) in [6.45, 7) is 6.32. The zero-order chi connectivity index (χ0) is 19.9. The Hall–Kier alpha value is -3.03. The van der Waals surface area contributed by atoms with Crippen LogP contribution < -0.4 is 5.56 Å². The predicted molar refractivity (Wildman–Crippen MR) is 107 cm³/mol. The number of fused-ring (bicyclic) bond motifs is 1. The molecule has 146 valence electrons. The van der Waals surface area contributed by atoms with Crippen LogP contribution in [0.1, 0.15) is 11.1 Å². The molecule has 2 N–H and O–H groups in total. The summed E-state index contributed by atoms with van der Waals surface area (Å²) in [5.41, 5.74) is 4.54. The van der Waals surface area contributed by atoms with Crippen LogP contribution in [0.5, 0.6) is 0 Å². The molecule has 4 rings (SSSR count). The molecule has 0 bridgehead atoms. The van der Waals surface area contributed by atoms with Crippen LogP contribution in [0.4, 0.5) is 0 Å². The average molecular weight is 381 g/mol. The van der Waals surface area contributed by atoms with Crippen molar-refractivity contribution < 1.29 is 14.6 Å². The molecule has 1 aliphatic rings. The number of pyridine rings is 2. The van der Waals surface area contributed by atoms with E-state index >= 15 is 0 Å². The minimum Gasteiger partial charge on any atom is -0.483 e. The number of aromatic amines is 1. The highest BCUT2D eigenvalue weighted by Crippen LogP contribution is 2.24. The van der Waals surface area contributed by atoms with Gasteiger partial charge in [0.2, 0.25) is 0 Å². The minimum absolute atomic E-state index is 0.113. The standard InChI is InChI=1S/C20H21N3O2.CH2O2/c1-14-11-19(16-3-2-6-21-20(16)24)22-18-5-4-15(12-17(14)18)13-23-7-9-25-10-8-23;2-1-3/h2-6,11-12H,7-10,13H2,1H3,(H,21,24);1H,(H,2,3). The Morgan fingerprint density at radius 3 is 2.71 bits per heavy atom. The zero-order valence-corrected chi connectivity index (χ0v) is 15.7. The van der Waals surface area contributed by atoms with E-state index in [0.717, 1.165) is 49.3 Å². The molecule has 2 aromatic heterocycles. The maximum Gasteiger partial charge on any atom is 0.290 e. The molecule has 28 heavy (non-hydrogen) atoms. The number of H-pyrrole nitrogens is 1. The van der Waals surface area contributed by atoms with Gasteiger partial charge in [-0.05, 0) is 48.4 Å². The maximum absolute atomic E-state index is 12.0. The molecular formula is C21H23N3O4. The van der Waals surface area contributed by atoms with Crippen molar-refractivity contribution in [1.29, 1.82) is 0 Å². The van der Waals surface area contributed by atoms with Gasteiger partial charge < -0.3 is 14.8 Å². The van der Waals surface area contributed by atoms with Crippen molar-refractivity contribution in [1.82, 2.24) is 14.9 Å². The molecule has 0 saturated carbocycles. The van der Waals surface area contributed by atoms with Gasteiger partial charge in [-0.3, -0.25) is 14.5 Å². The van der Waals surface area contributed by atoms with Crippen molar-refractivity contribution in [3.63, 3.8) is 0 Å². The zero-order valence-electron chi connectivity index (χ0n) is 15.7. The minimum atomic E-state index is -0.250. The number of aromatic nitrogens is 2. The number of aryl methyl sites for hydroxylation is 1. The molecule has 1 saturated heterocycles. The van der Waals surface area contributed by atoms with E-state index in [-0.39, 0.29) is 12.0 Å². The Morgan fingerprint density at radius 1 is 1.25 bits per heavy atom. The third-order valence-electron chi connectivity index (χ3n) is 4.68. The molecule has 7 nitrogen and oxygen atoms in total. The lowest BCUT2D eigenvalue weighted by Crippen LogP contribution is -2.35.